The Balaban J connectivity index is 1.54. The van der Waals surface area contributed by atoms with Gasteiger partial charge in [-0.25, -0.2) is 0 Å². The largest absolute Gasteiger partial charge is 0.459 e. The van der Waals surface area contributed by atoms with Gasteiger partial charge < -0.3 is 14.2 Å². The fraction of sp³-hybridized carbons (Fsp3) is 0.684. The number of hydrogen-bond acceptors (Lipinski definition) is 3. The molecule has 2 atom stereocenters. The van der Waals surface area contributed by atoms with Crippen molar-refractivity contribution < 1.29 is 14.0 Å². The zero-order valence-electron chi connectivity index (χ0n) is 14.7. The van der Waals surface area contributed by atoms with Gasteiger partial charge in [0.15, 0.2) is 5.76 Å². The molecule has 1 saturated heterocycles. The summed E-state index contributed by atoms with van der Waals surface area (Å²) in [5, 5.41) is 0. The Kier molecular flexibility index (Phi) is 5.27. The molecular formula is C19H28N2O3. The van der Waals surface area contributed by atoms with Crippen LogP contribution in [-0.2, 0) is 4.79 Å². The molecule has 5 nitrogen and oxygen atoms in total. The van der Waals surface area contributed by atoms with E-state index in [0.29, 0.717) is 30.8 Å². The van der Waals surface area contributed by atoms with Gasteiger partial charge in [0.05, 0.1) is 6.26 Å². The maximum Gasteiger partial charge on any atom is 0.289 e. The number of hydrogen-bond donors (Lipinski definition) is 0. The summed E-state index contributed by atoms with van der Waals surface area (Å²) in [5.74, 6) is 1.21. The number of furan rings is 1. The Labute approximate surface area is 144 Å². The number of carbonyl (C=O) groups is 2. The van der Waals surface area contributed by atoms with Crippen LogP contribution in [-0.4, -0.2) is 47.8 Å². The fourth-order valence-corrected chi connectivity index (χ4v) is 4.21. The molecular weight excluding hydrogens is 304 g/mol. The third-order valence-electron chi connectivity index (χ3n) is 5.77. The highest BCUT2D eigenvalue weighted by atomic mass is 16.3. The Hall–Kier alpha value is -1.78. The molecule has 2 aliphatic rings. The van der Waals surface area contributed by atoms with Gasteiger partial charge in [-0.3, -0.25) is 9.59 Å². The average Bonchev–Trinajstić information content (AvgIpc) is 3.15. The van der Waals surface area contributed by atoms with E-state index >= 15 is 0 Å². The molecule has 0 aromatic carbocycles. The van der Waals surface area contributed by atoms with Crippen LogP contribution >= 0.6 is 0 Å². The number of piperidine rings is 1. The second-order valence-corrected chi connectivity index (χ2v) is 7.32. The molecule has 5 heteroatoms. The molecule has 1 aromatic rings. The summed E-state index contributed by atoms with van der Waals surface area (Å²) >= 11 is 0. The van der Waals surface area contributed by atoms with Gasteiger partial charge in [0.2, 0.25) is 5.91 Å². The van der Waals surface area contributed by atoms with E-state index in [1.54, 1.807) is 17.0 Å². The van der Waals surface area contributed by atoms with E-state index in [-0.39, 0.29) is 17.7 Å². The molecule has 24 heavy (non-hydrogen) atoms. The lowest BCUT2D eigenvalue weighted by Crippen LogP contribution is -2.48. The number of likely N-dealkylation sites (tertiary alicyclic amines) is 1. The molecule has 1 aliphatic carbocycles. The number of rotatable bonds is 3. The number of nitrogens with zero attached hydrogens (tertiary/aromatic N) is 2. The van der Waals surface area contributed by atoms with E-state index in [1.807, 2.05) is 11.9 Å². The van der Waals surface area contributed by atoms with E-state index in [2.05, 4.69) is 6.92 Å². The minimum Gasteiger partial charge on any atom is -0.459 e. The number of amides is 2. The highest BCUT2D eigenvalue weighted by molar-refractivity contribution is 5.91. The second kappa shape index (κ2) is 7.41. The third-order valence-corrected chi connectivity index (χ3v) is 5.77. The summed E-state index contributed by atoms with van der Waals surface area (Å²) in [6.45, 7) is 3.52. The molecule has 0 spiro atoms. The quantitative estimate of drug-likeness (QED) is 0.854. The van der Waals surface area contributed by atoms with Gasteiger partial charge >= 0.3 is 0 Å². The van der Waals surface area contributed by atoms with E-state index in [4.69, 9.17) is 4.42 Å². The Morgan fingerprint density at radius 1 is 1.17 bits per heavy atom. The Morgan fingerprint density at radius 2 is 1.88 bits per heavy atom. The first-order chi connectivity index (χ1) is 11.6. The predicted octanol–water partition coefficient (Wildman–Crippen LogP) is 3.17. The topological polar surface area (TPSA) is 53.8 Å². The van der Waals surface area contributed by atoms with E-state index in [0.717, 1.165) is 19.3 Å². The van der Waals surface area contributed by atoms with Gasteiger partial charge in [0.25, 0.3) is 5.91 Å². The van der Waals surface area contributed by atoms with Crippen molar-refractivity contribution in [2.45, 2.75) is 51.5 Å². The molecule has 1 aliphatic heterocycles. The fourth-order valence-electron chi connectivity index (χ4n) is 4.21. The minimum atomic E-state index is -0.0693. The van der Waals surface area contributed by atoms with Crippen LogP contribution in [0.2, 0.25) is 0 Å². The smallest absolute Gasteiger partial charge is 0.289 e. The summed E-state index contributed by atoms with van der Waals surface area (Å²) in [6, 6.07) is 3.80. The van der Waals surface area contributed by atoms with E-state index in [9.17, 15) is 9.59 Å². The van der Waals surface area contributed by atoms with Crippen molar-refractivity contribution in [2.75, 3.05) is 20.1 Å². The van der Waals surface area contributed by atoms with Crippen LogP contribution in [0.1, 0.15) is 56.0 Å². The maximum absolute atomic E-state index is 12.9. The Bertz CT molecular complexity index is 561. The highest BCUT2D eigenvalue weighted by Crippen LogP contribution is 2.30. The molecule has 2 unspecified atom stereocenters. The predicted molar refractivity (Wildman–Crippen MR) is 91.5 cm³/mol. The molecule has 3 rings (SSSR count). The lowest BCUT2D eigenvalue weighted by atomic mass is 9.84. The zero-order chi connectivity index (χ0) is 17.1. The average molecular weight is 332 g/mol. The molecule has 132 valence electrons. The lowest BCUT2D eigenvalue weighted by Gasteiger charge is -2.39. The van der Waals surface area contributed by atoms with Crippen LogP contribution in [0.3, 0.4) is 0 Å². The maximum atomic E-state index is 12.9. The third kappa shape index (κ3) is 3.50. The van der Waals surface area contributed by atoms with Gasteiger partial charge in [-0.2, -0.15) is 0 Å². The first-order valence-electron chi connectivity index (χ1n) is 9.17. The Morgan fingerprint density at radius 3 is 2.50 bits per heavy atom. The van der Waals surface area contributed by atoms with Gasteiger partial charge in [0, 0.05) is 32.1 Å². The van der Waals surface area contributed by atoms with Crippen molar-refractivity contribution in [1.82, 2.24) is 9.80 Å². The van der Waals surface area contributed by atoms with Crippen molar-refractivity contribution in [2.24, 2.45) is 11.8 Å². The normalized spacial score (nSPS) is 25.5. The zero-order valence-corrected chi connectivity index (χ0v) is 14.7. The molecule has 2 fully saturated rings. The van der Waals surface area contributed by atoms with Crippen LogP contribution in [0.4, 0.5) is 0 Å². The molecule has 1 aromatic heterocycles. The van der Waals surface area contributed by atoms with Crippen molar-refractivity contribution >= 4 is 11.8 Å². The summed E-state index contributed by atoms with van der Waals surface area (Å²) in [6.07, 6.45) is 7.87. The van der Waals surface area contributed by atoms with Crippen LogP contribution in [0.25, 0.3) is 0 Å². The van der Waals surface area contributed by atoms with Crippen LogP contribution < -0.4 is 0 Å². The molecule has 0 bridgehead atoms. The molecule has 0 N–H and O–H groups in total. The van der Waals surface area contributed by atoms with Gasteiger partial charge in [-0.15, -0.1) is 0 Å². The standard InChI is InChI=1S/C19H28N2O3/c1-14-6-3-4-7-16(14)20(2)18(22)15-9-11-21(12-10-15)19(23)17-8-5-13-24-17/h5,8,13-16H,3-4,6-7,9-12H2,1-2H3. The molecule has 1 saturated carbocycles. The van der Waals surface area contributed by atoms with Crippen LogP contribution in [0, 0.1) is 11.8 Å². The summed E-state index contributed by atoms with van der Waals surface area (Å²) in [4.78, 5) is 28.9. The SMILES string of the molecule is CC1CCCCC1N(C)C(=O)C1CCN(C(=O)c2ccco2)CC1. The first-order valence-corrected chi connectivity index (χ1v) is 9.17. The minimum absolute atomic E-state index is 0.0461. The monoisotopic (exact) mass is 332 g/mol. The van der Waals surface area contributed by atoms with Crippen molar-refractivity contribution in [3.63, 3.8) is 0 Å². The summed E-state index contributed by atoms with van der Waals surface area (Å²) in [5.41, 5.74) is 0. The van der Waals surface area contributed by atoms with E-state index in [1.165, 1.54) is 25.5 Å². The first kappa shape index (κ1) is 17.1. The van der Waals surface area contributed by atoms with Crippen molar-refractivity contribution in [3.05, 3.63) is 24.2 Å². The molecule has 0 radical (unpaired) electrons. The second-order valence-electron chi connectivity index (χ2n) is 7.32. The number of carbonyl (C=O) groups excluding carboxylic acids is 2. The van der Waals surface area contributed by atoms with E-state index < -0.39 is 0 Å². The lowest BCUT2D eigenvalue weighted by molar-refractivity contribution is -0.139. The molecule has 2 amide bonds. The van der Waals surface area contributed by atoms with Gasteiger partial charge in [-0.1, -0.05) is 19.8 Å². The van der Waals surface area contributed by atoms with Crippen LogP contribution in [0.15, 0.2) is 22.8 Å². The highest BCUT2D eigenvalue weighted by Gasteiger charge is 2.34. The summed E-state index contributed by atoms with van der Waals surface area (Å²) < 4.78 is 5.19. The van der Waals surface area contributed by atoms with Gasteiger partial charge in [-0.05, 0) is 43.7 Å². The summed E-state index contributed by atoms with van der Waals surface area (Å²) in [7, 11) is 1.97. The van der Waals surface area contributed by atoms with Crippen LogP contribution in [0.5, 0.6) is 0 Å². The van der Waals surface area contributed by atoms with Gasteiger partial charge in [0.1, 0.15) is 0 Å². The van der Waals surface area contributed by atoms with Crippen molar-refractivity contribution in [3.8, 4) is 0 Å². The van der Waals surface area contributed by atoms with Crippen molar-refractivity contribution in [1.29, 1.82) is 0 Å². The molecule has 2 heterocycles.